The second-order valence-electron chi connectivity index (χ2n) is 19.0. The Morgan fingerprint density at radius 1 is 0.211 bits per heavy atom. The molecule has 0 saturated heterocycles. The molecule has 0 saturated carbocycles. The maximum atomic E-state index is 5.67. The maximum Gasteiger partial charge on any atom is 0.145 e. The van der Waals surface area contributed by atoms with E-state index in [0.29, 0.717) is 0 Å². The average Bonchev–Trinajstić information content (AvgIpc) is 4.10. The molecular weight excluding hydrogens is 925 g/mol. The normalized spacial score (nSPS) is 11.4. The lowest BCUT2D eigenvalue weighted by atomic mass is 9.95. The predicted octanol–water partition coefficient (Wildman–Crippen LogP) is 17.6. The van der Waals surface area contributed by atoms with Crippen LogP contribution in [-0.4, -0.2) is 29.1 Å². The van der Waals surface area contributed by atoms with E-state index in [2.05, 4.69) is 264 Å². The zero-order valence-corrected chi connectivity index (χ0v) is 41.2. The average molecular weight is 971 g/mol. The minimum Gasteiger partial charge on any atom is -0.292 e. The SMILES string of the molecule is c1ccc(-c2ccc(-c3ccccc3)c3nc(-c4ccc(-c5ccc(-c6nc7ccccc7n6-c6ccccc6)cc5)cc4)c(-c4ccc(-c5ccc(-c6nc7ccccc7n6-c6ccccc6)cc5)cc4)nc23)cc1. The first kappa shape index (κ1) is 44.4. The molecule has 0 amide bonds. The van der Waals surface area contributed by atoms with Crippen LogP contribution < -0.4 is 0 Å². The second kappa shape index (κ2) is 19.0. The number of benzene rings is 11. The van der Waals surface area contributed by atoms with Gasteiger partial charge in [-0.2, -0.15) is 0 Å². The highest BCUT2D eigenvalue weighted by Gasteiger charge is 2.21. The summed E-state index contributed by atoms with van der Waals surface area (Å²) in [4.78, 5) is 21.6. The van der Waals surface area contributed by atoms with E-state index in [1.807, 2.05) is 24.3 Å². The van der Waals surface area contributed by atoms with Crippen LogP contribution in [0, 0.1) is 0 Å². The summed E-state index contributed by atoms with van der Waals surface area (Å²) in [6.45, 7) is 0. The molecule has 0 aliphatic rings. The number of aromatic nitrogens is 6. The first-order valence-corrected chi connectivity index (χ1v) is 25.6. The zero-order valence-electron chi connectivity index (χ0n) is 41.2. The zero-order chi connectivity index (χ0) is 50.4. The molecule has 0 spiro atoms. The van der Waals surface area contributed by atoms with Crippen molar-refractivity contribution in [2.45, 2.75) is 0 Å². The van der Waals surface area contributed by atoms with E-state index in [9.17, 15) is 0 Å². The molecule has 0 N–H and O–H groups in total. The second-order valence-corrected chi connectivity index (χ2v) is 19.0. The molecule has 3 heterocycles. The highest BCUT2D eigenvalue weighted by molar-refractivity contribution is 6.03. The molecule has 0 aliphatic heterocycles. The van der Waals surface area contributed by atoms with Crippen molar-refractivity contribution in [1.82, 2.24) is 29.1 Å². The fraction of sp³-hybridized carbons (Fsp3) is 0. The molecular formula is C70H46N6. The van der Waals surface area contributed by atoms with Crippen LogP contribution in [0.1, 0.15) is 0 Å². The summed E-state index contributed by atoms with van der Waals surface area (Å²) in [5.41, 5.74) is 22.3. The van der Waals surface area contributed by atoms with Gasteiger partial charge in [0.25, 0.3) is 0 Å². The standard InChI is InChI=1S/C70H46N6/c1-5-17-51(18-6-1)59-45-46-60(52-19-7-2-8-20-52)68-67(59)73-65(53-37-29-47(30-38-53)49-33-41-55(42-34-49)69-71-61-25-13-15-27-63(61)75(69)57-21-9-3-10-22-57)66(74-68)54-39-31-48(32-40-54)50-35-43-56(44-36-50)70-72-62-26-14-16-28-64(62)76(70)58-23-11-4-12-24-58/h1-46H. The predicted molar refractivity (Wildman–Crippen MR) is 312 cm³/mol. The van der Waals surface area contributed by atoms with Crippen LogP contribution >= 0.6 is 0 Å². The molecule has 76 heavy (non-hydrogen) atoms. The summed E-state index contributed by atoms with van der Waals surface area (Å²) in [6.07, 6.45) is 0. The maximum absolute atomic E-state index is 5.67. The Bertz CT molecular complexity index is 4090. The van der Waals surface area contributed by atoms with Gasteiger partial charge in [-0.3, -0.25) is 9.13 Å². The van der Waals surface area contributed by atoms with Crippen molar-refractivity contribution in [3.05, 3.63) is 279 Å². The quantitative estimate of drug-likeness (QED) is 0.137. The fourth-order valence-corrected chi connectivity index (χ4v) is 10.6. The summed E-state index contributed by atoms with van der Waals surface area (Å²) in [6, 6.07) is 97.9. The number of rotatable bonds is 10. The Balaban J connectivity index is 0.850. The summed E-state index contributed by atoms with van der Waals surface area (Å²) < 4.78 is 4.48. The van der Waals surface area contributed by atoms with Crippen LogP contribution in [0.3, 0.4) is 0 Å². The summed E-state index contributed by atoms with van der Waals surface area (Å²) in [5, 5.41) is 0. The smallest absolute Gasteiger partial charge is 0.145 e. The lowest BCUT2D eigenvalue weighted by Gasteiger charge is -2.16. The molecule has 0 aliphatic carbocycles. The summed E-state index contributed by atoms with van der Waals surface area (Å²) in [7, 11) is 0. The van der Waals surface area contributed by atoms with Gasteiger partial charge in [0.2, 0.25) is 0 Å². The molecule has 0 bridgehead atoms. The van der Waals surface area contributed by atoms with Crippen molar-refractivity contribution in [2.75, 3.05) is 0 Å². The molecule has 6 heteroatoms. The lowest BCUT2D eigenvalue weighted by molar-refractivity contribution is 1.10. The van der Waals surface area contributed by atoms with Crippen LogP contribution in [-0.2, 0) is 0 Å². The third-order valence-corrected chi connectivity index (χ3v) is 14.4. The number of hydrogen-bond acceptors (Lipinski definition) is 4. The molecule has 6 nitrogen and oxygen atoms in total. The molecule has 356 valence electrons. The topological polar surface area (TPSA) is 61.4 Å². The largest absolute Gasteiger partial charge is 0.292 e. The third-order valence-electron chi connectivity index (χ3n) is 14.4. The molecule has 3 aromatic heterocycles. The molecule has 0 atom stereocenters. The van der Waals surface area contributed by atoms with Crippen molar-refractivity contribution in [3.8, 4) is 101 Å². The van der Waals surface area contributed by atoms with Crippen LogP contribution in [0.25, 0.3) is 134 Å². The Morgan fingerprint density at radius 2 is 0.500 bits per heavy atom. The first-order valence-electron chi connectivity index (χ1n) is 25.6. The van der Waals surface area contributed by atoms with E-state index in [1.165, 1.54) is 0 Å². The molecule has 11 aromatic carbocycles. The minimum atomic E-state index is 0.815. The number of fused-ring (bicyclic) bond motifs is 3. The Kier molecular flexibility index (Phi) is 11.1. The van der Waals surface area contributed by atoms with Gasteiger partial charge in [0, 0.05) is 44.8 Å². The van der Waals surface area contributed by atoms with Crippen LogP contribution in [0.2, 0.25) is 0 Å². The highest BCUT2D eigenvalue weighted by Crippen LogP contribution is 2.40. The Hall–Kier alpha value is -10.3. The monoisotopic (exact) mass is 970 g/mol. The van der Waals surface area contributed by atoms with Gasteiger partial charge >= 0.3 is 0 Å². The molecule has 14 aromatic rings. The van der Waals surface area contributed by atoms with Crippen LogP contribution in [0.4, 0.5) is 0 Å². The van der Waals surface area contributed by atoms with Crippen molar-refractivity contribution < 1.29 is 0 Å². The van der Waals surface area contributed by atoms with Crippen molar-refractivity contribution >= 4 is 33.1 Å². The number of nitrogens with zero attached hydrogens (tertiary/aromatic N) is 6. The van der Waals surface area contributed by atoms with Crippen molar-refractivity contribution in [3.63, 3.8) is 0 Å². The van der Waals surface area contributed by atoms with Crippen molar-refractivity contribution in [1.29, 1.82) is 0 Å². The van der Waals surface area contributed by atoms with Gasteiger partial charge in [-0.15, -0.1) is 0 Å². The van der Waals surface area contributed by atoms with Gasteiger partial charge in [-0.05, 0) is 81.9 Å². The van der Waals surface area contributed by atoms with Gasteiger partial charge in [-0.1, -0.05) is 231 Å². The fourth-order valence-electron chi connectivity index (χ4n) is 10.6. The first-order chi connectivity index (χ1) is 37.7. The van der Waals surface area contributed by atoms with E-state index in [4.69, 9.17) is 19.9 Å². The van der Waals surface area contributed by atoms with E-state index in [1.54, 1.807) is 0 Å². The van der Waals surface area contributed by atoms with Gasteiger partial charge in [-0.25, -0.2) is 19.9 Å². The Labute approximate surface area is 440 Å². The van der Waals surface area contributed by atoms with E-state index in [0.717, 1.165) is 134 Å². The Morgan fingerprint density at radius 3 is 0.855 bits per heavy atom. The summed E-state index contributed by atoms with van der Waals surface area (Å²) >= 11 is 0. The molecule has 0 unspecified atom stereocenters. The van der Waals surface area contributed by atoms with Gasteiger partial charge in [0.05, 0.1) is 44.5 Å². The van der Waals surface area contributed by atoms with Crippen molar-refractivity contribution in [2.24, 2.45) is 0 Å². The third kappa shape index (κ3) is 8.02. The molecule has 0 fully saturated rings. The highest BCUT2D eigenvalue weighted by atomic mass is 15.1. The van der Waals surface area contributed by atoms with E-state index >= 15 is 0 Å². The lowest BCUT2D eigenvalue weighted by Crippen LogP contribution is -1.99. The summed E-state index contributed by atoms with van der Waals surface area (Å²) in [5.74, 6) is 1.81. The van der Waals surface area contributed by atoms with Crippen LogP contribution in [0.5, 0.6) is 0 Å². The molecule has 0 radical (unpaired) electrons. The van der Waals surface area contributed by atoms with Gasteiger partial charge < -0.3 is 0 Å². The minimum absolute atomic E-state index is 0.815. The van der Waals surface area contributed by atoms with E-state index < -0.39 is 0 Å². The van der Waals surface area contributed by atoms with Gasteiger partial charge in [0.15, 0.2) is 0 Å². The molecule has 14 rings (SSSR count). The van der Waals surface area contributed by atoms with Gasteiger partial charge in [0.1, 0.15) is 11.6 Å². The number of para-hydroxylation sites is 6. The number of hydrogen-bond donors (Lipinski definition) is 0. The van der Waals surface area contributed by atoms with Crippen LogP contribution in [0.15, 0.2) is 279 Å². The number of imidazole rings is 2. The van der Waals surface area contributed by atoms with E-state index in [-0.39, 0.29) is 0 Å².